The Morgan fingerprint density at radius 2 is 2.07 bits per heavy atom. The Hall–Kier alpha value is -0.800. The molecule has 0 aliphatic carbocycles. The van der Waals surface area contributed by atoms with Gasteiger partial charge in [0.25, 0.3) is 0 Å². The SMILES string of the molecule is CCC[C@@H](N)c1cc(F)cc(C)c1O.Cl. The van der Waals surface area contributed by atoms with Gasteiger partial charge >= 0.3 is 0 Å². The highest BCUT2D eigenvalue weighted by atomic mass is 35.5. The van der Waals surface area contributed by atoms with Crippen LogP contribution in [0.3, 0.4) is 0 Å². The average Bonchev–Trinajstić information content (AvgIpc) is 2.11. The molecule has 0 amide bonds. The molecule has 0 heterocycles. The van der Waals surface area contributed by atoms with E-state index in [0.717, 1.165) is 12.8 Å². The van der Waals surface area contributed by atoms with Gasteiger partial charge in [0.1, 0.15) is 11.6 Å². The minimum atomic E-state index is -0.346. The molecule has 3 N–H and O–H groups in total. The van der Waals surface area contributed by atoms with E-state index in [4.69, 9.17) is 5.73 Å². The van der Waals surface area contributed by atoms with Crippen LogP contribution in [-0.4, -0.2) is 5.11 Å². The van der Waals surface area contributed by atoms with Crippen molar-refractivity contribution in [3.63, 3.8) is 0 Å². The standard InChI is InChI=1S/C11H16FNO.ClH/c1-3-4-10(13)9-6-8(12)5-7(2)11(9)14;/h5-6,10,14H,3-4,13H2,1-2H3;1H/t10-;/m1./s1. The second-order valence-corrected chi connectivity index (χ2v) is 3.56. The summed E-state index contributed by atoms with van der Waals surface area (Å²) < 4.78 is 13.0. The van der Waals surface area contributed by atoms with E-state index in [0.29, 0.717) is 11.1 Å². The second kappa shape index (κ2) is 5.93. The first-order valence-corrected chi connectivity index (χ1v) is 4.80. The number of rotatable bonds is 3. The maximum atomic E-state index is 13.0. The molecule has 0 aliphatic rings. The molecule has 0 aromatic heterocycles. The Labute approximate surface area is 95.7 Å². The van der Waals surface area contributed by atoms with E-state index < -0.39 is 0 Å². The summed E-state index contributed by atoms with van der Waals surface area (Å²) in [6.07, 6.45) is 1.66. The molecule has 0 bridgehead atoms. The van der Waals surface area contributed by atoms with Crippen molar-refractivity contribution in [2.24, 2.45) is 5.73 Å². The molecule has 1 atom stereocenters. The maximum Gasteiger partial charge on any atom is 0.124 e. The summed E-state index contributed by atoms with van der Waals surface area (Å²) in [7, 11) is 0. The first-order chi connectivity index (χ1) is 6.56. The number of phenolic OH excluding ortho intramolecular Hbond substituents is 1. The molecular formula is C11H17ClFNO. The fourth-order valence-corrected chi connectivity index (χ4v) is 1.51. The molecule has 1 rings (SSSR count). The molecule has 1 aromatic carbocycles. The van der Waals surface area contributed by atoms with Gasteiger partial charge in [-0.2, -0.15) is 0 Å². The zero-order chi connectivity index (χ0) is 10.7. The van der Waals surface area contributed by atoms with Crippen molar-refractivity contribution in [1.82, 2.24) is 0 Å². The first kappa shape index (κ1) is 14.2. The van der Waals surface area contributed by atoms with E-state index in [1.54, 1.807) is 6.92 Å². The Morgan fingerprint density at radius 1 is 1.47 bits per heavy atom. The minimum absolute atomic E-state index is 0. The van der Waals surface area contributed by atoms with Crippen molar-refractivity contribution in [2.75, 3.05) is 0 Å². The summed E-state index contributed by atoms with van der Waals surface area (Å²) in [5, 5.41) is 9.67. The van der Waals surface area contributed by atoms with E-state index in [-0.39, 0.29) is 30.0 Å². The molecule has 86 valence electrons. The van der Waals surface area contributed by atoms with E-state index in [2.05, 4.69) is 0 Å². The fourth-order valence-electron chi connectivity index (χ4n) is 1.51. The molecule has 4 heteroatoms. The van der Waals surface area contributed by atoms with Crippen LogP contribution in [0.2, 0.25) is 0 Å². The van der Waals surface area contributed by atoms with Crippen LogP contribution in [-0.2, 0) is 0 Å². The first-order valence-electron chi connectivity index (χ1n) is 4.80. The number of halogens is 2. The number of aromatic hydroxyl groups is 1. The van der Waals surface area contributed by atoms with Crippen LogP contribution in [0.1, 0.15) is 36.9 Å². The second-order valence-electron chi connectivity index (χ2n) is 3.56. The highest BCUT2D eigenvalue weighted by Gasteiger charge is 2.13. The largest absolute Gasteiger partial charge is 0.507 e. The van der Waals surface area contributed by atoms with Crippen LogP contribution in [0.15, 0.2) is 12.1 Å². The van der Waals surface area contributed by atoms with Gasteiger partial charge in [0.15, 0.2) is 0 Å². The van der Waals surface area contributed by atoms with Crippen LogP contribution in [0.25, 0.3) is 0 Å². The summed E-state index contributed by atoms with van der Waals surface area (Å²) in [6.45, 7) is 3.67. The topological polar surface area (TPSA) is 46.2 Å². The van der Waals surface area contributed by atoms with Crippen molar-refractivity contribution in [3.05, 3.63) is 29.1 Å². The molecule has 0 aliphatic heterocycles. The fraction of sp³-hybridized carbons (Fsp3) is 0.455. The minimum Gasteiger partial charge on any atom is -0.507 e. The predicted molar refractivity (Wildman–Crippen MR) is 61.9 cm³/mol. The van der Waals surface area contributed by atoms with E-state index in [1.165, 1.54) is 12.1 Å². The van der Waals surface area contributed by atoms with E-state index >= 15 is 0 Å². The van der Waals surface area contributed by atoms with Gasteiger partial charge in [-0.25, -0.2) is 4.39 Å². The third-order valence-corrected chi connectivity index (χ3v) is 2.29. The van der Waals surface area contributed by atoms with Crippen molar-refractivity contribution in [2.45, 2.75) is 32.7 Å². The van der Waals surface area contributed by atoms with Gasteiger partial charge in [-0.05, 0) is 31.0 Å². The van der Waals surface area contributed by atoms with Gasteiger partial charge in [0, 0.05) is 11.6 Å². The molecule has 0 fully saturated rings. The Balaban J connectivity index is 0.00000196. The van der Waals surface area contributed by atoms with Gasteiger partial charge in [-0.3, -0.25) is 0 Å². The van der Waals surface area contributed by atoms with Gasteiger partial charge in [0.05, 0.1) is 0 Å². The lowest BCUT2D eigenvalue weighted by Gasteiger charge is -2.14. The van der Waals surface area contributed by atoms with Crippen LogP contribution in [0.5, 0.6) is 5.75 Å². The number of phenols is 1. The summed E-state index contributed by atoms with van der Waals surface area (Å²) in [5.74, 6) is -0.228. The van der Waals surface area contributed by atoms with E-state index in [9.17, 15) is 9.50 Å². The zero-order valence-corrected chi connectivity index (χ0v) is 9.77. The molecule has 0 radical (unpaired) electrons. The lowest BCUT2D eigenvalue weighted by atomic mass is 10.00. The van der Waals surface area contributed by atoms with Crippen molar-refractivity contribution < 1.29 is 9.50 Å². The highest BCUT2D eigenvalue weighted by molar-refractivity contribution is 5.85. The van der Waals surface area contributed by atoms with Crippen molar-refractivity contribution in [1.29, 1.82) is 0 Å². The van der Waals surface area contributed by atoms with Gasteiger partial charge in [-0.15, -0.1) is 12.4 Å². The van der Waals surface area contributed by atoms with Crippen molar-refractivity contribution >= 4 is 12.4 Å². The van der Waals surface area contributed by atoms with E-state index in [1.807, 2.05) is 6.92 Å². The van der Waals surface area contributed by atoms with Crippen LogP contribution in [0.4, 0.5) is 4.39 Å². The highest BCUT2D eigenvalue weighted by Crippen LogP contribution is 2.29. The quantitative estimate of drug-likeness (QED) is 0.843. The molecule has 2 nitrogen and oxygen atoms in total. The lowest BCUT2D eigenvalue weighted by molar-refractivity contribution is 0.450. The average molecular weight is 234 g/mol. The lowest BCUT2D eigenvalue weighted by Crippen LogP contribution is -2.10. The molecule has 0 spiro atoms. The zero-order valence-electron chi connectivity index (χ0n) is 8.96. The van der Waals surface area contributed by atoms with Gasteiger partial charge < -0.3 is 10.8 Å². The van der Waals surface area contributed by atoms with Gasteiger partial charge in [-0.1, -0.05) is 13.3 Å². The number of nitrogens with two attached hydrogens (primary N) is 1. The molecule has 0 unspecified atom stereocenters. The number of benzene rings is 1. The number of hydrogen-bond donors (Lipinski definition) is 2. The number of hydrogen-bond acceptors (Lipinski definition) is 2. The van der Waals surface area contributed by atoms with Crippen LogP contribution < -0.4 is 5.73 Å². The molecule has 15 heavy (non-hydrogen) atoms. The summed E-state index contributed by atoms with van der Waals surface area (Å²) in [4.78, 5) is 0. The smallest absolute Gasteiger partial charge is 0.124 e. The van der Waals surface area contributed by atoms with Crippen molar-refractivity contribution in [3.8, 4) is 5.75 Å². The third kappa shape index (κ3) is 3.36. The molecule has 1 aromatic rings. The molecular weight excluding hydrogens is 217 g/mol. The number of aryl methyl sites for hydroxylation is 1. The predicted octanol–water partition coefficient (Wildman–Crippen LogP) is 3.06. The Morgan fingerprint density at radius 3 is 2.60 bits per heavy atom. The summed E-state index contributed by atoms with van der Waals surface area (Å²) in [6, 6.07) is 2.33. The third-order valence-electron chi connectivity index (χ3n) is 2.29. The monoisotopic (exact) mass is 233 g/mol. The Kier molecular flexibility index (Phi) is 5.61. The summed E-state index contributed by atoms with van der Waals surface area (Å²) >= 11 is 0. The van der Waals surface area contributed by atoms with Gasteiger partial charge in [0.2, 0.25) is 0 Å². The Bertz CT molecular complexity index is 331. The maximum absolute atomic E-state index is 13.0. The summed E-state index contributed by atoms with van der Waals surface area (Å²) in [5.41, 5.74) is 6.86. The van der Waals surface area contributed by atoms with Crippen LogP contribution >= 0.6 is 12.4 Å². The molecule has 0 saturated carbocycles. The van der Waals surface area contributed by atoms with Crippen LogP contribution in [0, 0.1) is 12.7 Å². The normalized spacial score (nSPS) is 12.0. The molecule has 0 saturated heterocycles.